The molecular weight excluding hydrogens is 691 g/mol. The molecule has 0 spiro atoms. The lowest BCUT2D eigenvalue weighted by molar-refractivity contribution is 1.17. The SMILES string of the molecule is c1ccc(-c2ccc3c4c5c6ccccc6n(-c6ccccc6)c5ccc4n(-c4ccccc4-c4ccc5c(c4)c4ccccc4n5-c4ccccc4)c3c2)cc1. The molecule has 0 aliphatic heterocycles. The van der Waals surface area contributed by atoms with E-state index in [2.05, 4.69) is 226 Å². The largest absolute Gasteiger partial charge is 0.309 e. The van der Waals surface area contributed by atoms with Crippen LogP contribution in [0, 0.1) is 0 Å². The third kappa shape index (κ3) is 4.73. The number of hydrogen-bond acceptors (Lipinski definition) is 0. The molecule has 12 aromatic rings. The first-order valence-corrected chi connectivity index (χ1v) is 19.6. The highest BCUT2D eigenvalue weighted by Gasteiger charge is 2.23. The van der Waals surface area contributed by atoms with Crippen molar-refractivity contribution in [3.63, 3.8) is 0 Å². The molecule has 0 saturated heterocycles. The molecule has 3 heteroatoms. The summed E-state index contributed by atoms with van der Waals surface area (Å²) >= 11 is 0. The Balaban J connectivity index is 1.17. The molecule has 0 radical (unpaired) electrons. The zero-order valence-electron chi connectivity index (χ0n) is 31.0. The summed E-state index contributed by atoms with van der Waals surface area (Å²) in [6.45, 7) is 0. The Kier molecular flexibility index (Phi) is 6.93. The van der Waals surface area contributed by atoms with Crippen LogP contribution in [0.5, 0.6) is 0 Å². The Hall–Kier alpha value is -7.62. The summed E-state index contributed by atoms with van der Waals surface area (Å²) < 4.78 is 7.31. The molecule has 0 atom stereocenters. The second-order valence-corrected chi connectivity index (χ2v) is 14.9. The van der Waals surface area contributed by atoms with Crippen LogP contribution in [-0.2, 0) is 0 Å². The number of nitrogens with zero attached hydrogens (tertiary/aromatic N) is 3. The highest BCUT2D eigenvalue weighted by molar-refractivity contribution is 6.29. The number of fused-ring (bicyclic) bond motifs is 10. The standard InChI is InChI=1S/C54H35N3/c1-4-16-36(17-5-1)37-28-30-44-52(35-37)57(51-33-32-50-53(54(44)51)43-24-12-15-27-48(43)56(50)40-20-8-3-9-21-40)46-25-13-10-22-41(46)38-29-31-49-45(34-38)42-23-11-14-26-47(42)55(49)39-18-6-2-7-19-39/h1-35H. The predicted molar refractivity (Wildman–Crippen MR) is 240 cm³/mol. The van der Waals surface area contributed by atoms with E-state index in [1.54, 1.807) is 0 Å². The van der Waals surface area contributed by atoms with Gasteiger partial charge in [-0.25, -0.2) is 0 Å². The van der Waals surface area contributed by atoms with E-state index in [0.717, 1.165) is 17.1 Å². The fraction of sp³-hybridized carbons (Fsp3) is 0. The normalized spacial score (nSPS) is 11.9. The van der Waals surface area contributed by atoms with Crippen molar-refractivity contribution in [1.29, 1.82) is 0 Å². The Morgan fingerprint density at radius 1 is 0.246 bits per heavy atom. The highest BCUT2D eigenvalue weighted by atomic mass is 15.0. The third-order valence-electron chi connectivity index (χ3n) is 11.8. The van der Waals surface area contributed by atoms with Gasteiger partial charge in [-0.15, -0.1) is 0 Å². The molecule has 0 unspecified atom stereocenters. The van der Waals surface area contributed by atoms with Crippen LogP contribution in [0.25, 0.3) is 105 Å². The van der Waals surface area contributed by atoms with Crippen molar-refractivity contribution in [1.82, 2.24) is 13.7 Å². The molecule has 0 fully saturated rings. The molecule has 3 nitrogen and oxygen atoms in total. The van der Waals surface area contributed by atoms with E-state index in [-0.39, 0.29) is 0 Å². The monoisotopic (exact) mass is 725 g/mol. The smallest absolute Gasteiger partial charge is 0.0549 e. The number of rotatable bonds is 5. The quantitative estimate of drug-likeness (QED) is 0.168. The van der Waals surface area contributed by atoms with Gasteiger partial charge in [-0.05, 0) is 89.5 Å². The molecule has 3 heterocycles. The van der Waals surface area contributed by atoms with Crippen LogP contribution in [-0.4, -0.2) is 13.7 Å². The maximum Gasteiger partial charge on any atom is 0.0549 e. The Labute approximate surface area is 329 Å². The van der Waals surface area contributed by atoms with E-state index in [4.69, 9.17) is 0 Å². The minimum absolute atomic E-state index is 1.15. The van der Waals surface area contributed by atoms with Crippen molar-refractivity contribution < 1.29 is 0 Å². The molecule has 0 N–H and O–H groups in total. The first-order valence-electron chi connectivity index (χ1n) is 19.6. The highest BCUT2D eigenvalue weighted by Crippen LogP contribution is 2.45. The number of para-hydroxylation sites is 5. The van der Waals surface area contributed by atoms with Crippen molar-refractivity contribution in [3.05, 3.63) is 212 Å². The summed E-state index contributed by atoms with van der Waals surface area (Å²) in [6.07, 6.45) is 0. The lowest BCUT2D eigenvalue weighted by Crippen LogP contribution is -1.98. The Morgan fingerprint density at radius 3 is 1.46 bits per heavy atom. The molecule has 0 aliphatic carbocycles. The van der Waals surface area contributed by atoms with Gasteiger partial charge in [-0.3, -0.25) is 0 Å². The lowest BCUT2D eigenvalue weighted by atomic mass is 10.0. The first-order chi connectivity index (χ1) is 28.3. The van der Waals surface area contributed by atoms with Gasteiger partial charge in [0.25, 0.3) is 0 Å². The van der Waals surface area contributed by atoms with E-state index in [1.165, 1.54) is 87.7 Å². The van der Waals surface area contributed by atoms with Crippen LogP contribution < -0.4 is 0 Å². The molecule has 0 saturated carbocycles. The first kappa shape index (κ1) is 31.7. The average Bonchev–Trinajstić information content (AvgIpc) is 3.92. The molecule has 3 aromatic heterocycles. The van der Waals surface area contributed by atoms with Crippen LogP contribution in [0.1, 0.15) is 0 Å². The number of benzene rings is 9. The molecule has 12 rings (SSSR count). The van der Waals surface area contributed by atoms with Gasteiger partial charge < -0.3 is 13.7 Å². The van der Waals surface area contributed by atoms with Crippen LogP contribution >= 0.6 is 0 Å². The summed E-state index contributed by atoms with van der Waals surface area (Å²) in [4.78, 5) is 0. The summed E-state index contributed by atoms with van der Waals surface area (Å²) in [5.41, 5.74) is 15.4. The third-order valence-corrected chi connectivity index (χ3v) is 11.8. The van der Waals surface area contributed by atoms with E-state index >= 15 is 0 Å². The van der Waals surface area contributed by atoms with Crippen LogP contribution in [0.4, 0.5) is 0 Å². The second kappa shape index (κ2) is 12.5. The van der Waals surface area contributed by atoms with Crippen molar-refractivity contribution in [2.24, 2.45) is 0 Å². The number of aromatic nitrogens is 3. The van der Waals surface area contributed by atoms with Crippen molar-refractivity contribution >= 4 is 65.4 Å². The van der Waals surface area contributed by atoms with Gasteiger partial charge in [0.15, 0.2) is 0 Å². The maximum absolute atomic E-state index is 2.51. The minimum Gasteiger partial charge on any atom is -0.309 e. The molecule has 0 amide bonds. The van der Waals surface area contributed by atoms with Gasteiger partial charge >= 0.3 is 0 Å². The van der Waals surface area contributed by atoms with E-state index in [1.807, 2.05) is 0 Å². The van der Waals surface area contributed by atoms with Gasteiger partial charge in [0.05, 0.1) is 38.8 Å². The topological polar surface area (TPSA) is 14.8 Å². The van der Waals surface area contributed by atoms with Crippen molar-refractivity contribution in [3.8, 4) is 39.3 Å². The predicted octanol–water partition coefficient (Wildman–Crippen LogP) is 14.3. The molecule has 0 aliphatic rings. The zero-order chi connectivity index (χ0) is 37.5. The molecular formula is C54H35N3. The van der Waals surface area contributed by atoms with E-state index < -0.39 is 0 Å². The maximum atomic E-state index is 2.51. The molecule has 266 valence electrons. The molecule has 0 bridgehead atoms. The van der Waals surface area contributed by atoms with Crippen LogP contribution in [0.15, 0.2) is 212 Å². The molecule has 57 heavy (non-hydrogen) atoms. The minimum atomic E-state index is 1.15. The van der Waals surface area contributed by atoms with Gasteiger partial charge in [-0.1, -0.05) is 140 Å². The zero-order valence-corrected chi connectivity index (χ0v) is 31.0. The van der Waals surface area contributed by atoms with Crippen molar-refractivity contribution in [2.45, 2.75) is 0 Å². The summed E-state index contributed by atoms with van der Waals surface area (Å²) in [5, 5.41) is 7.52. The van der Waals surface area contributed by atoms with Gasteiger partial charge in [0, 0.05) is 49.3 Å². The van der Waals surface area contributed by atoms with Crippen LogP contribution in [0.3, 0.4) is 0 Å². The van der Waals surface area contributed by atoms with Crippen molar-refractivity contribution in [2.75, 3.05) is 0 Å². The van der Waals surface area contributed by atoms with E-state index in [0.29, 0.717) is 0 Å². The Morgan fingerprint density at radius 2 is 0.737 bits per heavy atom. The van der Waals surface area contributed by atoms with Gasteiger partial charge in [0.2, 0.25) is 0 Å². The fourth-order valence-corrected chi connectivity index (χ4v) is 9.40. The van der Waals surface area contributed by atoms with Gasteiger partial charge in [-0.2, -0.15) is 0 Å². The van der Waals surface area contributed by atoms with Crippen LogP contribution in [0.2, 0.25) is 0 Å². The average molecular weight is 726 g/mol. The molecule has 9 aromatic carbocycles. The summed E-state index contributed by atoms with van der Waals surface area (Å²) in [7, 11) is 0. The summed E-state index contributed by atoms with van der Waals surface area (Å²) in [5.74, 6) is 0. The summed E-state index contributed by atoms with van der Waals surface area (Å²) in [6, 6.07) is 77.4. The number of hydrogen-bond donors (Lipinski definition) is 0. The van der Waals surface area contributed by atoms with E-state index in [9.17, 15) is 0 Å². The lowest BCUT2D eigenvalue weighted by Gasteiger charge is -2.15. The Bertz CT molecular complexity index is 3500. The fourth-order valence-electron chi connectivity index (χ4n) is 9.40. The van der Waals surface area contributed by atoms with Gasteiger partial charge in [0.1, 0.15) is 0 Å². The second-order valence-electron chi connectivity index (χ2n) is 14.9.